The molecule has 4 N–H and O–H groups in total. The number of hydroxylamine groups is 1. The van der Waals surface area contributed by atoms with E-state index in [0.717, 1.165) is 5.56 Å². The zero-order chi connectivity index (χ0) is 17.7. The molecule has 0 heterocycles. The number of sulfonamides is 1. The Bertz CT molecular complexity index is 764. The molecule has 2 atom stereocenters. The number of benzene rings is 2. The zero-order valence-electron chi connectivity index (χ0n) is 13.0. The molecule has 2 aromatic carbocycles. The molecule has 0 saturated heterocycles. The van der Waals surface area contributed by atoms with Crippen LogP contribution >= 0.6 is 11.6 Å². The predicted octanol–water partition coefficient (Wildman–Crippen LogP) is 2.49. The molecule has 130 valence electrons. The van der Waals surface area contributed by atoms with Crippen LogP contribution in [0, 0.1) is 0 Å². The van der Waals surface area contributed by atoms with Gasteiger partial charge >= 0.3 is 0 Å². The first-order chi connectivity index (χ1) is 11.3. The molecular formula is C16H19ClN2O4S. The molecule has 0 aromatic heterocycles. The van der Waals surface area contributed by atoms with Gasteiger partial charge in [0.15, 0.2) is 6.23 Å². The lowest BCUT2D eigenvalue weighted by Gasteiger charge is -2.16. The maximum absolute atomic E-state index is 12.3. The molecule has 0 bridgehead atoms. The van der Waals surface area contributed by atoms with E-state index in [0.29, 0.717) is 16.1 Å². The van der Waals surface area contributed by atoms with E-state index in [-0.39, 0.29) is 5.75 Å². The summed E-state index contributed by atoms with van der Waals surface area (Å²) in [6.07, 6.45) is -1.18. The largest absolute Gasteiger partial charge is 0.372 e. The van der Waals surface area contributed by atoms with Crippen LogP contribution in [0.4, 0.5) is 0 Å². The summed E-state index contributed by atoms with van der Waals surface area (Å²) >= 11 is 5.79. The lowest BCUT2D eigenvalue weighted by molar-refractivity contribution is 0.000689. The van der Waals surface area contributed by atoms with Gasteiger partial charge in [0.1, 0.15) is 0 Å². The molecule has 0 aliphatic heterocycles. The average Bonchev–Trinajstić information content (AvgIpc) is 2.55. The van der Waals surface area contributed by atoms with Crippen LogP contribution in [-0.2, 0) is 15.8 Å². The summed E-state index contributed by atoms with van der Waals surface area (Å²) in [6, 6.07) is 12.8. The fourth-order valence-electron chi connectivity index (χ4n) is 2.22. The van der Waals surface area contributed by atoms with Gasteiger partial charge in [0, 0.05) is 11.1 Å². The smallest absolute Gasteiger partial charge is 0.216 e. The van der Waals surface area contributed by atoms with Crippen molar-refractivity contribution in [1.29, 1.82) is 0 Å². The first-order valence-electron chi connectivity index (χ1n) is 7.23. The summed E-state index contributed by atoms with van der Waals surface area (Å²) in [5, 5.41) is 18.7. The average molecular weight is 371 g/mol. The van der Waals surface area contributed by atoms with Crippen molar-refractivity contribution < 1.29 is 18.7 Å². The van der Waals surface area contributed by atoms with Gasteiger partial charge in [0.05, 0.1) is 5.75 Å². The van der Waals surface area contributed by atoms with Gasteiger partial charge in [-0.3, -0.25) is 0 Å². The van der Waals surface area contributed by atoms with Crippen LogP contribution in [0.25, 0.3) is 0 Å². The van der Waals surface area contributed by atoms with E-state index in [9.17, 15) is 13.5 Å². The molecule has 8 heteroatoms. The van der Waals surface area contributed by atoms with Crippen molar-refractivity contribution in [3.05, 3.63) is 70.2 Å². The summed E-state index contributed by atoms with van der Waals surface area (Å²) in [6.45, 7) is 1.73. The molecule has 2 rings (SSSR count). The fourth-order valence-corrected chi connectivity index (χ4v) is 3.74. The van der Waals surface area contributed by atoms with Gasteiger partial charge in [0.2, 0.25) is 10.0 Å². The molecule has 0 spiro atoms. The first-order valence-corrected chi connectivity index (χ1v) is 9.26. The Labute approximate surface area is 146 Å². The number of aliphatic hydroxyl groups excluding tert-OH is 1. The molecule has 6 nitrogen and oxygen atoms in total. The second-order valence-electron chi connectivity index (χ2n) is 5.42. The fraction of sp³-hybridized carbons (Fsp3) is 0.250. The molecule has 0 fully saturated rings. The van der Waals surface area contributed by atoms with Crippen molar-refractivity contribution in [2.24, 2.45) is 0 Å². The molecule has 2 aromatic rings. The minimum Gasteiger partial charge on any atom is -0.372 e. The minimum atomic E-state index is -3.52. The Kier molecular flexibility index (Phi) is 6.34. The third-order valence-corrected chi connectivity index (χ3v) is 5.18. The highest BCUT2D eigenvalue weighted by Gasteiger charge is 2.17. The summed E-state index contributed by atoms with van der Waals surface area (Å²) in [7, 11) is -3.52. The van der Waals surface area contributed by atoms with Crippen molar-refractivity contribution in [2.75, 3.05) is 0 Å². The standard InChI is InChI=1S/C16H19ClN2O4S/c1-11(13-4-6-14(7-5-13)16(20)18-21)19-24(22,23)10-12-2-8-15(17)9-3-12/h2-9,11,16,18-21H,10H2,1H3. The molecular weight excluding hydrogens is 352 g/mol. The molecule has 0 amide bonds. The lowest BCUT2D eigenvalue weighted by Crippen LogP contribution is -2.28. The number of hydrogen-bond donors (Lipinski definition) is 4. The Balaban J connectivity index is 2.04. The third kappa shape index (κ3) is 5.27. The van der Waals surface area contributed by atoms with Crippen LogP contribution in [0.1, 0.15) is 35.9 Å². The van der Waals surface area contributed by atoms with E-state index < -0.39 is 22.3 Å². The van der Waals surface area contributed by atoms with Gasteiger partial charge in [-0.15, -0.1) is 0 Å². The highest BCUT2D eigenvalue weighted by molar-refractivity contribution is 7.88. The van der Waals surface area contributed by atoms with Gasteiger partial charge < -0.3 is 10.3 Å². The second-order valence-corrected chi connectivity index (χ2v) is 7.61. The summed E-state index contributed by atoms with van der Waals surface area (Å²) < 4.78 is 27.1. The predicted molar refractivity (Wildman–Crippen MR) is 92.0 cm³/mol. The van der Waals surface area contributed by atoms with E-state index in [4.69, 9.17) is 16.8 Å². The number of halogens is 1. The van der Waals surface area contributed by atoms with E-state index in [1.165, 1.54) is 0 Å². The van der Waals surface area contributed by atoms with Gasteiger partial charge in [-0.2, -0.15) is 5.48 Å². The van der Waals surface area contributed by atoms with Crippen LogP contribution in [0.3, 0.4) is 0 Å². The topological polar surface area (TPSA) is 98.7 Å². The lowest BCUT2D eigenvalue weighted by atomic mass is 10.1. The quantitative estimate of drug-likeness (QED) is 0.443. The van der Waals surface area contributed by atoms with Crippen LogP contribution in [0.15, 0.2) is 48.5 Å². The van der Waals surface area contributed by atoms with Crippen LogP contribution in [-0.4, -0.2) is 18.7 Å². The van der Waals surface area contributed by atoms with E-state index >= 15 is 0 Å². The summed E-state index contributed by atoms with van der Waals surface area (Å²) in [5.41, 5.74) is 3.59. The summed E-state index contributed by atoms with van der Waals surface area (Å²) in [4.78, 5) is 0. The normalized spacial score (nSPS) is 14.3. The Morgan fingerprint density at radius 1 is 1.04 bits per heavy atom. The zero-order valence-corrected chi connectivity index (χ0v) is 14.6. The van der Waals surface area contributed by atoms with Gasteiger partial charge in [0.25, 0.3) is 0 Å². The number of aliphatic hydroxyl groups is 1. The van der Waals surface area contributed by atoms with Crippen molar-refractivity contribution in [2.45, 2.75) is 24.9 Å². The van der Waals surface area contributed by atoms with Crippen molar-refractivity contribution >= 4 is 21.6 Å². The van der Waals surface area contributed by atoms with Crippen LogP contribution < -0.4 is 10.2 Å². The van der Waals surface area contributed by atoms with E-state index in [2.05, 4.69) is 4.72 Å². The highest BCUT2D eigenvalue weighted by Crippen LogP contribution is 2.18. The summed E-state index contributed by atoms with van der Waals surface area (Å²) in [5.74, 6) is -0.139. The van der Waals surface area contributed by atoms with E-state index in [1.807, 2.05) is 0 Å². The molecule has 0 aliphatic rings. The maximum Gasteiger partial charge on any atom is 0.216 e. The molecule has 24 heavy (non-hydrogen) atoms. The second kappa shape index (κ2) is 8.06. The van der Waals surface area contributed by atoms with Gasteiger partial charge in [-0.05, 0) is 35.7 Å². The van der Waals surface area contributed by atoms with Gasteiger partial charge in [-0.25, -0.2) is 13.1 Å². The van der Waals surface area contributed by atoms with Crippen molar-refractivity contribution in [3.63, 3.8) is 0 Å². The number of nitrogens with one attached hydrogen (secondary N) is 2. The monoisotopic (exact) mass is 370 g/mol. The highest BCUT2D eigenvalue weighted by atomic mass is 35.5. The number of hydrogen-bond acceptors (Lipinski definition) is 5. The van der Waals surface area contributed by atoms with Crippen molar-refractivity contribution in [1.82, 2.24) is 10.2 Å². The SMILES string of the molecule is CC(NS(=O)(=O)Cc1ccc(Cl)cc1)c1ccc(C(O)NO)cc1. The van der Waals surface area contributed by atoms with E-state index in [1.54, 1.807) is 60.9 Å². The number of rotatable bonds is 7. The molecule has 0 radical (unpaired) electrons. The third-order valence-electron chi connectivity index (χ3n) is 3.50. The first kappa shape index (κ1) is 18.9. The molecule has 0 aliphatic carbocycles. The molecule has 0 saturated carbocycles. The van der Waals surface area contributed by atoms with Gasteiger partial charge in [-0.1, -0.05) is 48.0 Å². The van der Waals surface area contributed by atoms with Crippen LogP contribution in [0.5, 0.6) is 0 Å². The minimum absolute atomic E-state index is 0.139. The maximum atomic E-state index is 12.3. The molecule has 2 unspecified atom stereocenters. The van der Waals surface area contributed by atoms with Crippen molar-refractivity contribution in [3.8, 4) is 0 Å². The Morgan fingerprint density at radius 3 is 2.12 bits per heavy atom. The Hall–Kier alpha value is -1.48. The van der Waals surface area contributed by atoms with Crippen LogP contribution in [0.2, 0.25) is 5.02 Å². The Morgan fingerprint density at radius 2 is 1.58 bits per heavy atom.